The Bertz CT molecular complexity index is 1030. The second kappa shape index (κ2) is 7.93. The first-order chi connectivity index (χ1) is 13.7. The first-order valence-corrected chi connectivity index (χ1v) is 9.34. The van der Waals surface area contributed by atoms with Crippen LogP contribution in [-0.2, 0) is 4.79 Å². The monoisotopic (exact) mass is 363 g/mol. The van der Waals surface area contributed by atoms with Crippen molar-refractivity contribution >= 4 is 11.6 Å². The van der Waals surface area contributed by atoms with Crippen LogP contribution in [0.25, 0.3) is 33.4 Å². The van der Waals surface area contributed by atoms with Crippen LogP contribution in [0.4, 0.5) is 5.69 Å². The summed E-state index contributed by atoms with van der Waals surface area (Å²) in [4.78, 5) is 12.0. The molecule has 0 saturated carbocycles. The van der Waals surface area contributed by atoms with Crippen LogP contribution >= 0.6 is 0 Å². The van der Waals surface area contributed by atoms with Crippen LogP contribution < -0.4 is 5.32 Å². The molecule has 4 rings (SSSR count). The molecule has 4 aromatic rings. The van der Waals surface area contributed by atoms with Crippen molar-refractivity contribution in [3.8, 4) is 33.4 Å². The van der Waals surface area contributed by atoms with Gasteiger partial charge in [0, 0.05) is 18.1 Å². The molecule has 0 aliphatic heterocycles. The van der Waals surface area contributed by atoms with Crippen LogP contribution in [0.1, 0.15) is 6.92 Å². The van der Waals surface area contributed by atoms with Crippen LogP contribution in [0.5, 0.6) is 0 Å². The van der Waals surface area contributed by atoms with Gasteiger partial charge < -0.3 is 5.32 Å². The Hall–Kier alpha value is -3.65. The number of nitrogens with one attached hydrogen (secondary N) is 1. The SMILES string of the molecule is CC(=O)Nc1c(-c2ccccc2)cc(-c2ccccc2)cc1-c1ccccc1. The molecule has 0 atom stereocenters. The van der Waals surface area contributed by atoms with Crippen molar-refractivity contribution in [3.05, 3.63) is 103 Å². The number of hydrogen-bond acceptors (Lipinski definition) is 1. The molecule has 0 aromatic heterocycles. The van der Waals surface area contributed by atoms with E-state index in [1.54, 1.807) is 6.92 Å². The molecule has 0 aliphatic carbocycles. The normalized spacial score (nSPS) is 10.5. The van der Waals surface area contributed by atoms with E-state index in [0.717, 1.165) is 39.1 Å². The lowest BCUT2D eigenvalue weighted by atomic mass is 9.91. The van der Waals surface area contributed by atoms with Crippen molar-refractivity contribution < 1.29 is 4.79 Å². The molecule has 4 aromatic carbocycles. The molecule has 0 saturated heterocycles. The van der Waals surface area contributed by atoms with E-state index < -0.39 is 0 Å². The minimum atomic E-state index is -0.0816. The van der Waals surface area contributed by atoms with Gasteiger partial charge in [-0.1, -0.05) is 91.0 Å². The average molecular weight is 363 g/mol. The zero-order chi connectivity index (χ0) is 19.3. The van der Waals surface area contributed by atoms with Crippen LogP contribution in [0.15, 0.2) is 103 Å². The number of rotatable bonds is 4. The Morgan fingerprint density at radius 3 is 1.36 bits per heavy atom. The van der Waals surface area contributed by atoms with Gasteiger partial charge in [-0.15, -0.1) is 0 Å². The fourth-order valence-corrected chi connectivity index (χ4v) is 3.44. The highest BCUT2D eigenvalue weighted by Crippen LogP contribution is 2.41. The molecule has 0 unspecified atom stereocenters. The molecule has 0 fully saturated rings. The van der Waals surface area contributed by atoms with Crippen LogP contribution in [-0.4, -0.2) is 5.91 Å². The predicted molar refractivity (Wildman–Crippen MR) is 117 cm³/mol. The lowest BCUT2D eigenvalue weighted by Gasteiger charge is -2.18. The van der Waals surface area contributed by atoms with Gasteiger partial charge in [-0.2, -0.15) is 0 Å². The summed E-state index contributed by atoms with van der Waals surface area (Å²) in [5.41, 5.74) is 7.26. The maximum atomic E-state index is 12.0. The van der Waals surface area contributed by atoms with Gasteiger partial charge >= 0.3 is 0 Å². The quantitative estimate of drug-likeness (QED) is 0.432. The summed E-state index contributed by atoms with van der Waals surface area (Å²) >= 11 is 0. The van der Waals surface area contributed by atoms with Gasteiger partial charge in [-0.3, -0.25) is 4.79 Å². The lowest BCUT2D eigenvalue weighted by molar-refractivity contribution is -0.114. The highest BCUT2D eigenvalue weighted by atomic mass is 16.1. The molecule has 136 valence electrons. The number of carbonyl (C=O) groups excluding carboxylic acids is 1. The van der Waals surface area contributed by atoms with Crippen molar-refractivity contribution in [2.75, 3.05) is 5.32 Å². The van der Waals surface area contributed by atoms with Crippen molar-refractivity contribution in [2.24, 2.45) is 0 Å². The summed E-state index contributed by atoms with van der Waals surface area (Å²) < 4.78 is 0. The third-order valence-electron chi connectivity index (χ3n) is 4.72. The summed E-state index contributed by atoms with van der Waals surface area (Å²) in [7, 11) is 0. The molecule has 28 heavy (non-hydrogen) atoms. The minimum absolute atomic E-state index is 0.0816. The standard InChI is InChI=1S/C26H21NO/c1-19(28)27-26-24(21-13-7-3-8-14-21)17-23(20-11-5-2-6-12-20)18-25(26)22-15-9-4-10-16-22/h2-18H,1H3,(H,27,28). The summed E-state index contributed by atoms with van der Waals surface area (Å²) in [5, 5.41) is 3.08. The van der Waals surface area contributed by atoms with Crippen molar-refractivity contribution in [2.45, 2.75) is 6.92 Å². The van der Waals surface area contributed by atoms with E-state index in [4.69, 9.17) is 0 Å². The second-order valence-corrected chi connectivity index (χ2v) is 6.73. The summed E-state index contributed by atoms with van der Waals surface area (Å²) in [5.74, 6) is -0.0816. The van der Waals surface area contributed by atoms with E-state index in [-0.39, 0.29) is 5.91 Å². The third-order valence-corrected chi connectivity index (χ3v) is 4.72. The van der Waals surface area contributed by atoms with Gasteiger partial charge in [-0.05, 0) is 34.4 Å². The first kappa shape index (κ1) is 17.7. The van der Waals surface area contributed by atoms with E-state index in [2.05, 4.69) is 53.8 Å². The lowest BCUT2D eigenvalue weighted by Crippen LogP contribution is -2.08. The number of benzene rings is 4. The smallest absolute Gasteiger partial charge is 0.221 e. The molecule has 0 aliphatic rings. The van der Waals surface area contributed by atoms with E-state index in [9.17, 15) is 4.79 Å². The minimum Gasteiger partial charge on any atom is -0.325 e. The largest absolute Gasteiger partial charge is 0.325 e. The average Bonchev–Trinajstić information content (AvgIpc) is 2.75. The van der Waals surface area contributed by atoms with Gasteiger partial charge in [0.05, 0.1) is 5.69 Å². The molecule has 0 bridgehead atoms. The van der Waals surface area contributed by atoms with Crippen molar-refractivity contribution in [1.29, 1.82) is 0 Å². The molecule has 1 N–H and O–H groups in total. The zero-order valence-corrected chi connectivity index (χ0v) is 15.7. The van der Waals surface area contributed by atoms with E-state index in [1.807, 2.05) is 54.6 Å². The number of anilines is 1. The summed E-state index contributed by atoms with van der Waals surface area (Å²) in [6, 6.07) is 35.0. The van der Waals surface area contributed by atoms with Gasteiger partial charge in [0.1, 0.15) is 0 Å². The Balaban J connectivity index is 2.03. The van der Waals surface area contributed by atoms with E-state index in [1.165, 1.54) is 0 Å². The highest BCUT2D eigenvalue weighted by Gasteiger charge is 2.16. The van der Waals surface area contributed by atoms with Crippen LogP contribution in [0.2, 0.25) is 0 Å². The zero-order valence-electron chi connectivity index (χ0n) is 15.7. The van der Waals surface area contributed by atoms with Crippen molar-refractivity contribution in [3.63, 3.8) is 0 Å². The Morgan fingerprint density at radius 1 is 0.571 bits per heavy atom. The molecular weight excluding hydrogens is 342 g/mol. The predicted octanol–water partition coefficient (Wildman–Crippen LogP) is 6.65. The van der Waals surface area contributed by atoms with Gasteiger partial charge in [0.15, 0.2) is 0 Å². The first-order valence-electron chi connectivity index (χ1n) is 9.34. The fraction of sp³-hybridized carbons (Fsp3) is 0.0385. The topological polar surface area (TPSA) is 29.1 Å². The van der Waals surface area contributed by atoms with Crippen LogP contribution in [0.3, 0.4) is 0 Å². The molecule has 0 radical (unpaired) electrons. The Kier molecular flexibility index (Phi) is 5.03. The molecule has 0 spiro atoms. The molecule has 0 heterocycles. The van der Waals surface area contributed by atoms with Gasteiger partial charge in [0.2, 0.25) is 5.91 Å². The molecular formula is C26H21NO. The van der Waals surface area contributed by atoms with Gasteiger partial charge in [0.25, 0.3) is 0 Å². The second-order valence-electron chi connectivity index (χ2n) is 6.73. The third kappa shape index (κ3) is 3.72. The molecule has 1 amide bonds. The van der Waals surface area contributed by atoms with Crippen LogP contribution in [0, 0.1) is 0 Å². The van der Waals surface area contributed by atoms with E-state index >= 15 is 0 Å². The highest BCUT2D eigenvalue weighted by molar-refractivity contribution is 6.02. The molecule has 2 heteroatoms. The summed E-state index contributed by atoms with van der Waals surface area (Å²) in [6.07, 6.45) is 0. The maximum absolute atomic E-state index is 12.0. The van der Waals surface area contributed by atoms with Crippen molar-refractivity contribution in [1.82, 2.24) is 0 Å². The van der Waals surface area contributed by atoms with E-state index in [0.29, 0.717) is 0 Å². The fourth-order valence-electron chi connectivity index (χ4n) is 3.44. The number of carbonyl (C=O) groups is 1. The molecule has 2 nitrogen and oxygen atoms in total. The maximum Gasteiger partial charge on any atom is 0.221 e. The Morgan fingerprint density at radius 2 is 0.964 bits per heavy atom. The Labute approximate surface area is 165 Å². The summed E-state index contributed by atoms with van der Waals surface area (Å²) in [6.45, 7) is 1.55. The number of amides is 1. The number of hydrogen-bond donors (Lipinski definition) is 1. The van der Waals surface area contributed by atoms with Gasteiger partial charge in [-0.25, -0.2) is 0 Å².